The fourth-order valence-electron chi connectivity index (χ4n) is 3.98. The fraction of sp³-hybridized carbons (Fsp3) is 0.192. The number of nitrogens with one attached hydrogen (secondary N) is 1. The van der Waals surface area contributed by atoms with Gasteiger partial charge in [-0.2, -0.15) is 5.26 Å². The molecule has 0 unspecified atom stereocenters. The molecule has 9 heteroatoms. The van der Waals surface area contributed by atoms with E-state index in [2.05, 4.69) is 11.4 Å². The normalized spacial score (nSPS) is 13.3. The average Bonchev–Trinajstić information content (AvgIpc) is 2.86. The van der Waals surface area contributed by atoms with Crippen molar-refractivity contribution in [2.75, 3.05) is 23.3 Å². The minimum Gasteiger partial charge on any atom is -0.322 e. The molecule has 1 N–H and O–H groups in total. The number of aryl methyl sites for hydroxylation is 1. The molecule has 1 heterocycles. The van der Waals surface area contributed by atoms with Crippen LogP contribution in [0.5, 0.6) is 0 Å². The molecule has 0 radical (unpaired) electrons. The van der Waals surface area contributed by atoms with Gasteiger partial charge in [0.15, 0.2) is 0 Å². The van der Waals surface area contributed by atoms with Gasteiger partial charge in [-0.05, 0) is 55.3 Å². The van der Waals surface area contributed by atoms with Crippen LogP contribution in [-0.2, 0) is 6.54 Å². The first-order chi connectivity index (χ1) is 16.9. The Kier molecular flexibility index (Phi) is 6.73. The van der Waals surface area contributed by atoms with E-state index in [0.717, 1.165) is 12.0 Å². The second-order valence-electron chi connectivity index (χ2n) is 8.28. The molecule has 0 saturated carbocycles. The largest absolute Gasteiger partial charge is 0.324 e. The average molecular weight is 470 g/mol. The summed E-state index contributed by atoms with van der Waals surface area (Å²) in [7, 11) is 0. The number of nitro benzene ring substituents is 1. The van der Waals surface area contributed by atoms with E-state index in [4.69, 9.17) is 5.26 Å². The zero-order chi connectivity index (χ0) is 24.9. The number of nitrogens with zero attached hydrogens (tertiary/aromatic N) is 4. The van der Waals surface area contributed by atoms with Crippen LogP contribution >= 0.6 is 0 Å². The lowest BCUT2D eigenvalue weighted by Crippen LogP contribution is -2.49. The third-order valence-electron chi connectivity index (χ3n) is 5.85. The third kappa shape index (κ3) is 5.28. The number of urea groups is 1. The van der Waals surface area contributed by atoms with Crippen molar-refractivity contribution in [2.45, 2.75) is 19.9 Å². The van der Waals surface area contributed by atoms with Crippen LogP contribution in [-0.4, -0.2) is 34.9 Å². The summed E-state index contributed by atoms with van der Waals surface area (Å²) in [4.78, 5) is 40.0. The van der Waals surface area contributed by atoms with Crippen molar-refractivity contribution in [2.24, 2.45) is 0 Å². The Balaban J connectivity index is 1.48. The molecule has 0 aromatic heterocycles. The van der Waals surface area contributed by atoms with Crippen LogP contribution in [0.25, 0.3) is 0 Å². The van der Waals surface area contributed by atoms with E-state index in [0.29, 0.717) is 42.1 Å². The fourth-order valence-corrected chi connectivity index (χ4v) is 3.98. The first kappa shape index (κ1) is 23.4. The second kappa shape index (κ2) is 10.1. The van der Waals surface area contributed by atoms with E-state index in [1.54, 1.807) is 53.1 Å². The van der Waals surface area contributed by atoms with E-state index >= 15 is 0 Å². The number of hydrogen-bond acceptors (Lipinski definition) is 5. The number of rotatable bonds is 6. The van der Waals surface area contributed by atoms with Crippen molar-refractivity contribution in [1.29, 1.82) is 5.26 Å². The predicted octanol–water partition coefficient (Wildman–Crippen LogP) is 4.86. The number of benzene rings is 3. The zero-order valence-corrected chi connectivity index (χ0v) is 19.1. The summed E-state index contributed by atoms with van der Waals surface area (Å²) in [5.74, 6) is -0.474. The van der Waals surface area contributed by atoms with Gasteiger partial charge in [0, 0.05) is 48.2 Å². The van der Waals surface area contributed by atoms with E-state index in [9.17, 15) is 19.7 Å². The summed E-state index contributed by atoms with van der Waals surface area (Å²) in [5, 5.41) is 22.9. The standard InChI is InChI=1S/C26H23N5O4/c1-18-6-11-21(14-24(18)31(34)35)25(32)28-22-4-2-5-23(15-22)30-13-3-12-29(26(30)33)17-20-9-7-19(16-27)8-10-20/h2,4-11,14-15H,3,12-13,17H2,1H3,(H,28,32). The Hall–Kier alpha value is -4.71. The van der Waals surface area contributed by atoms with Crippen molar-refractivity contribution >= 4 is 29.0 Å². The van der Waals surface area contributed by atoms with Gasteiger partial charge >= 0.3 is 6.03 Å². The number of hydrogen-bond donors (Lipinski definition) is 1. The van der Waals surface area contributed by atoms with E-state index in [1.807, 2.05) is 12.1 Å². The van der Waals surface area contributed by atoms with Crippen molar-refractivity contribution in [3.8, 4) is 6.07 Å². The second-order valence-corrected chi connectivity index (χ2v) is 8.28. The maximum absolute atomic E-state index is 13.2. The molecule has 1 fully saturated rings. The Morgan fingerprint density at radius 1 is 1.11 bits per heavy atom. The number of carbonyl (C=O) groups is 2. The molecular formula is C26H23N5O4. The van der Waals surface area contributed by atoms with E-state index in [1.165, 1.54) is 18.2 Å². The quantitative estimate of drug-likeness (QED) is 0.408. The highest BCUT2D eigenvalue weighted by Crippen LogP contribution is 2.25. The number of carbonyl (C=O) groups excluding carboxylic acids is 2. The Morgan fingerprint density at radius 3 is 2.60 bits per heavy atom. The minimum absolute atomic E-state index is 0.118. The summed E-state index contributed by atoms with van der Waals surface area (Å²) in [5.41, 5.74) is 3.16. The first-order valence-electron chi connectivity index (χ1n) is 11.1. The lowest BCUT2D eigenvalue weighted by atomic mass is 10.1. The monoisotopic (exact) mass is 469 g/mol. The molecule has 1 aliphatic heterocycles. The number of anilines is 2. The highest BCUT2D eigenvalue weighted by Gasteiger charge is 2.27. The van der Waals surface area contributed by atoms with Gasteiger partial charge in [0.05, 0.1) is 16.6 Å². The molecule has 3 aromatic rings. The molecule has 1 aliphatic rings. The third-order valence-corrected chi connectivity index (χ3v) is 5.85. The van der Waals surface area contributed by atoms with Gasteiger partial charge in [0.25, 0.3) is 11.6 Å². The lowest BCUT2D eigenvalue weighted by Gasteiger charge is -2.36. The van der Waals surface area contributed by atoms with Crippen LogP contribution in [0.3, 0.4) is 0 Å². The molecule has 0 aliphatic carbocycles. The van der Waals surface area contributed by atoms with Gasteiger partial charge in [-0.3, -0.25) is 19.8 Å². The topological polar surface area (TPSA) is 120 Å². The Labute approximate surface area is 202 Å². The summed E-state index contributed by atoms with van der Waals surface area (Å²) in [6.45, 7) is 3.22. The molecular weight excluding hydrogens is 446 g/mol. The van der Waals surface area contributed by atoms with Gasteiger partial charge < -0.3 is 10.2 Å². The van der Waals surface area contributed by atoms with Gasteiger partial charge in [-0.25, -0.2) is 4.79 Å². The van der Waals surface area contributed by atoms with Crippen molar-refractivity contribution < 1.29 is 14.5 Å². The highest BCUT2D eigenvalue weighted by molar-refractivity contribution is 6.05. The molecule has 0 spiro atoms. The van der Waals surface area contributed by atoms with E-state index in [-0.39, 0.29) is 17.3 Å². The molecule has 1 saturated heterocycles. The summed E-state index contributed by atoms with van der Waals surface area (Å²) < 4.78 is 0. The number of nitriles is 1. The molecule has 0 bridgehead atoms. The summed E-state index contributed by atoms with van der Waals surface area (Å²) in [6, 6.07) is 20.4. The number of amides is 3. The van der Waals surface area contributed by atoms with Crippen LogP contribution in [0, 0.1) is 28.4 Å². The molecule has 9 nitrogen and oxygen atoms in total. The maximum atomic E-state index is 13.2. The van der Waals surface area contributed by atoms with Crippen LogP contribution < -0.4 is 10.2 Å². The van der Waals surface area contributed by atoms with Gasteiger partial charge in [-0.1, -0.05) is 24.3 Å². The molecule has 35 heavy (non-hydrogen) atoms. The molecule has 4 rings (SSSR count). The van der Waals surface area contributed by atoms with Crippen LogP contribution in [0.4, 0.5) is 21.9 Å². The van der Waals surface area contributed by atoms with Gasteiger partial charge in [-0.15, -0.1) is 0 Å². The highest BCUT2D eigenvalue weighted by atomic mass is 16.6. The molecule has 3 amide bonds. The Morgan fingerprint density at radius 2 is 1.89 bits per heavy atom. The molecule has 3 aromatic carbocycles. The smallest absolute Gasteiger partial charge is 0.322 e. The summed E-state index contributed by atoms with van der Waals surface area (Å²) >= 11 is 0. The van der Waals surface area contributed by atoms with Crippen LogP contribution in [0.15, 0.2) is 66.7 Å². The van der Waals surface area contributed by atoms with Crippen molar-refractivity contribution in [3.05, 3.63) is 99.1 Å². The zero-order valence-electron chi connectivity index (χ0n) is 19.1. The van der Waals surface area contributed by atoms with Crippen molar-refractivity contribution in [3.63, 3.8) is 0 Å². The maximum Gasteiger partial charge on any atom is 0.324 e. The number of nitro groups is 1. The van der Waals surface area contributed by atoms with Crippen LogP contribution in [0.1, 0.15) is 33.5 Å². The SMILES string of the molecule is Cc1ccc(C(=O)Nc2cccc(N3CCCN(Cc4ccc(C#N)cc4)C3=O)c2)cc1[N+](=O)[O-]. The molecule has 176 valence electrons. The summed E-state index contributed by atoms with van der Waals surface area (Å²) in [6.07, 6.45) is 0.783. The van der Waals surface area contributed by atoms with E-state index < -0.39 is 10.8 Å². The lowest BCUT2D eigenvalue weighted by molar-refractivity contribution is -0.385. The first-order valence-corrected chi connectivity index (χ1v) is 11.1. The van der Waals surface area contributed by atoms with Gasteiger partial charge in [0.2, 0.25) is 0 Å². The Bertz CT molecular complexity index is 1330. The van der Waals surface area contributed by atoms with Crippen molar-refractivity contribution in [1.82, 2.24) is 4.90 Å². The van der Waals surface area contributed by atoms with Gasteiger partial charge in [0.1, 0.15) is 0 Å². The molecule has 0 atom stereocenters. The predicted molar refractivity (Wildman–Crippen MR) is 131 cm³/mol. The minimum atomic E-state index is -0.516. The van der Waals surface area contributed by atoms with Crippen LogP contribution in [0.2, 0.25) is 0 Å².